The summed E-state index contributed by atoms with van der Waals surface area (Å²) in [7, 11) is 0. The summed E-state index contributed by atoms with van der Waals surface area (Å²) < 4.78 is 0. The molecule has 102 valence electrons. The molecule has 0 bridgehead atoms. The lowest BCUT2D eigenvalue weighted by molar-refractivity contribution is -0.120. The van der Waals surface area contributed by atoms with Crippen molar-refractivity contribution in [3.63, 3.8) is 0 Å². The maximum Gasteiger partial charge on any atom is 0.220 e. The van der Waals surface area contributed by atoms with E-state index in [1.165, 1.54) is 5.56 Å². The van der Waals surface area contributed by atoms with Crippen LogP contribution < -0.4 is 11.1 Å². The molecule has 2 aromatic rings. The lowest BCUT2D eigenvalue weighted by Gasteiger charge is -2.01. The number of amides is 1. The van der Waals surface area contributed by atoms with Crippen LogP contribution in [0.2, 0.25) is 0 Å². The average molecular weight is 278 g/mol. The zero-order valence-corrected chi connectivity index (χ0v) is 11.7. The van der Waals surface area contributed by atoms with Gasteiger partial charge in [-0.05, 0) is 24.6 Å². The molecule has 1 aromatic heterocycles. The number of H-pyrrole nitrogens is 1. The van der Waals surface area contributed by atoms with Crippen molar-refractivity contribution in [3.05, 3.63) is 23.8 Å². The van der Waals surface area contributed by atoms with Crippen LogP contribution in [0.4, 0.5) is 0 Å². The predicted molar refractivity (Wildman–Crippen MR) is 78.2 cm³/mol. The first-order valence-corrected chi connectivity index (χ1v) is 7.23. The standard InChI is InChI=1S/C13H18N4OS/c1-9-2-3-10-11(8-9)17-13(16-10)19-7-4-12(18)15-6-5-14/h2-3,8H,4-7,14H2,1H3,(H,15,18)(H,16,17). The number of imidazole rings is 1. The number of hydrogen-bond donors (Lipinski definition) is 3. The van der Waals surface area contributed by atoms with Crippen molar-refractivity contribution >= 4 is 28.7 Å². The molecule has 0 aliphatic rings. The van der Waals surface area contributed by atoms with E-state index >= 15 is 0 Å². The van der Waals surface area contributed by atoms with E-state index in [2.05, 4.69) is 28.3 Å². The third-order valence-electron chi connectivity index (χ3n) is 2.65. The van der Waals surface area contributed by atoms with Crippen LogP contribution in [0.1, 0.15) is 12.0 Å². The smallest absolute Gasteiger partial charge is 0.220 e. The van der Waals surface area contributed by atoms with E-state index in [0.717, 1.165) is 16.2 Å². The van der Waals surface area contributed by atoms with Gasteiger partial charge in [0.1, 0.15) is 0 Å². The van der Waals surface area contributed by atoms with Crippen LogP contribution in [0.5, 0.6) is 0 Å². The van der Waals surface area contributed by atoms with Crippen LogP contribution in [0.25, 0.3) is 11.0 Å². The summed E-state index contributed by atoms with van der Waals surface area (Å²) in [4.78, 5) is 19.1. The van der Waals surface area contributed by atoms with Gasteiger partial charge in [0.25, 0.3) is 0 Å². The second-order valence-corrected chi connectivity index (χ2v) is 5.38. The Kier molecular flexibility index (Phi) is 4.81. The number of nitrogens with two attached hydrogens (primary N) is 1. The van der Waals surface area contributed by atoms with E-state index < -0.39 is 0 Å². The fourth-order valence-corrected chi connectivity index (χ4v) is 2.53. The Morgan fingerprint density at radius 1 is 1.53 bits per heavy atom. The summed E-state index contributed by atoms with van der Waals surface area (Å²) in [6.07, 6.45) is 0.473. The Morgan fingerprint density at radius 3 is 3.16 bits per heavy atom. The third-order valence-corrected chi connectivity index (χ3v) is 3.53. The number of carbonyl (C=O) groups is 1. The van der Waals surface area contributed by atoms with Gasteiger partial charge in [0.15, 0.2) is 5.16 Å². The van der Waals surface area contributed by atoms with Crippen LogP contribution >= 0.6 is 11.8 Å². The summed E-state index contributed by atoms with van der Waals surface area (Å²) in [5.41, 5.74) is 8.52. The Hall–Kier alpha value is -1.53. The number of hydrogen-bond acceptors (Lipinski definition) is 4. The molecule has 0 atom stereocenters. The van der Waals surface area contributed by atoms with Crippen molar-refractivity contribution in [3.8, 4) is 0 Å². The minimum atomic E-state index is 0.0323. The SMILES string of the molecule is Cc1ccc2nc(SCCC(=O)NCCN)[nH]c2c1. The van der Waals surface area contributed by atoms with Gasteiger partial charge in [-0.3, -0.25) is 4.79 Å². The Balaban J connectivity index is 1.86. The number of carbonyl (C=O) groups excluding carboxylic acids is 1. The maximum atomic E-state index is 11.4. The largest absolute Gasteiger partial charge is 0.355 e. The zero-order valence-electron chi connectivity index (χ0n) is 10.9. The van der Waals surface area contributed by atoms with E-state index in [1.54, 1.807) is 11.8 Å². The minimum absolute atomic E-state index is 0.0323. The average Bonchev–Trinajstić information content (AvgIpc) is 2.78. The summed E-state index contributed by atoms with van der Waals surface area (Å²) in [5, 5.41) is 3.60. The van der Waals surface area contributed by atoms with Gasteiger partial charge in [-0.2, -0.15) is 0 Å². The van der Waals surface area contributed by atoms with E-state index in [9.17, 15) is 4.79 Å². The van der Waals surface area contributed by atoms with Crippen molar-refractivity contribution in [2.24, 2.45) is 5.73 Å². The van der Waals surface area contributed by atoms with Gasteiger partial charge in [0.2, 0.25) is 5.91 Å². The molecule has 0 saturated heterocycles. The molecule has 0 saturated carbocycles. The molecule has 0 aliphatic heterocycles. The van der Waals surface area contributed by atoms with E-state index in [4.69, 9.17) is 5.73 Å². The Bertz CT molecular complexity index is 567. The molecule has 0 aliphatic carbocycles. The van der Waals surface area contributed by atoms with Crippen molar-refractivity contribution < 1.29 is 4.79 Å². The number of nitrogens with one attached hydrogen (secondary N) is 2. The number of fused-ring (bicyclic) bond motifs is 1. The molecule has 2 rings (SSSR count). The van der Waals surface area contributed by atoms with Gasteiger partial charge in [0, 0.05) is 25.3 Å². The highest BCUT2D eigenvalue weighted by atomic mass is 32.2. The van der Waals surface area contributed by atoms with Gasteiger partial charge in [-0.1, -0.05) is 17.8 Å². The first-order chi connectivity index (χ1) is 9.19. The first kappa shape index (κ1) is 13.9. The van der Waals surface area contributed by atoms with Gasteiger partial charge >= 0.3 is 0 Å². The predicted octanol–water partition coefficient (Wildman–Crippen LogP) is 1.43. The molecule has 6 heteroatoms. The van der Waals surface area contributed by atoms with Crippen molar-refractivity contribution in [1.82, 2.24) is 15.3 Å². The van der Waals surface area contributed by atoms with Crippen molar-refractivity contribution in [2.45, 2.75) is 18.5 Å². The summed E-state index contributed by atoms with van der Waals surface area (Å²) >= 11 is 1.56. The molecule has 0 radical (unpaired) electrons. The highest BCUT2D eigenvalue weighted by Crippen LogP contribution is 2.20. The molecule has 0 fully saturated rings. The number of rotatable bonds is 6. The Morgan fingerprint density at radius 2 is 2.37 bits per heavy atom. The molecule has 0 spiro atoms. The second kappa shape index (κ2) is 6.58. The molecule has 4 N–H and O–H groups in total. The zero-order chi connectivity index (χ0) is 13.7. The highest BCUT2D eigenvalue weighted by molar-refractivity contribution is 7.99. The topological polar surface area (TPSA) is 83.8 Å². The molecule has 1 aromatic carbocycles. The fourth-order valence-electron chi connectivity index (χ4n) is 1.71. The van der Waals surface area contributed by atoms with E-state index in [0.29, 0.717) is 25.3 Å². The number of aryl methyl sites for hydroxylation is 1. The van der Waals surface area contributed by atoms with Gasteiger partial charge in [-0.25, -0.2) is 4.98 Å². The molecular weight excluding hydrogens is 260 g/mol. The number of aromatic nitrogens is 2. The van der Waals surface area contributed by atoms with Gasteiger partial charge in [0.05, 0.1) is 11.0 Å². The molecule has 1 heterocycles. The summed E-state index contributed by atoms with van der Waals surface area (Å²) in [6, 6.07) is 6.11. The van der Waals surface area contributed by atoms with Crippen molar-refractivity contribution in [2.75, 3.05) is 18.8 Å². The van der Waals surface area contributed by atoms with Crippen LogP contribution in [-0.2, 0) is 4.79 Å². The van der Waals surface area contributed by atoms with E-state index in [-0.39, 0.29) is 5.91 Å². The maximum absolute atomic E-state index is 11.4. The molecule has 0 unspecified atom stereocenters. The fraction of sp³-hybridized carbons (Fsp3) is 0.385. The number of thioether (sulfide) groups is 1. The summed E-state index contributed by atoms with van der Waals surface area (Å²) in [6.45, 7) is 3.06. The van der Waals surface area contributed by atoms with Crippen LogP contribution in [0, 0.1) is 6.92 Å². The van der Waals surface area contributed by atoms with E-state index in [1.807, 2.05) is 12.1 Å². The van der Waals surface area contributed by atoms with Crippen LogP contribution in [-0.4, -0.2) is 34.7 Å². The van der Waals surface area contributed by atoms with Gasteiger partial charge in [-0.15, -0.1) is 0 Å². The third kappa shape index (κ3) is 3.97. The molecule has 19 heavy (non-hydrogen) atoms. The number of nitrogens with zero attached hydrogens (tertiary/aromatic N) is 1. The molecule has 1 amide bonds. The van der Waals surface area contributed by atoms with Gasteiger partial charge < -0.3 is 16.0 Å². The molecular formula is C13H18N4OS. The highest BCUT2D eigenvalue weighted by Gasteiger charge is 2.05. The van der Waals surface area contributed by atoms with Crippen molar-refractivity contribution in [1.29, 1.82) is 0 Å². The second-order valence-electron chi connectivity index (χ2n) is 4.30. The quantitative estimate of drug-likeness (QED) is 0.698. The molecule has 5 nitrogen and oxygen atoms in total. The summed E-state index contributed by atoms with van der Waals surface area (Å²) in [5.74, 6) is 0.736. The monoisotopic (exact) mass is 278 g/mol. The minimum Gasteiger partial charge on any atom is -0.355 e. The lowest BCUT2D eigenvalue weighted by Crippen LogP contribution is -2.29. The normalized spacial score (nSPS) is 10.8. The number of aromatic amines is 1. The van der Waals surface area contributed by atoms with Crippen LogP contribution in [0.3, 0.4) is 0 Å². The first-order valence-electron chi connectivity index (χ1n) is 6.25. The Labute approximate surface area is 116 Å². The lowest BCUT2D eigenvalue weighted by atomic mass is 10.2. The number of benzene rings is 1. The van der Waals surface area contributed by atoms with Crippen LogP contribution in [0.15, 0.2) is 23.4 Å².